The molecule has 7 nitrogen and oxygen atoms in total. The molecule has 3 heterocycles. The number of carboxylic acid groups (broad SMARTS) is 1. The fourth-order valence-corrected chi connectivity index (χ4v) is 4.64. The Hall–Kier alpha value is -1.51. The highest BCUT2D eigenvalue weighted by atomic mass is 32.2. The van der Waals surface area contributed by atoms with Crippen LogP contribution in [0.2, 0.25) is 0 Å². The first-order chi connectivity index (χ1) is 10.7. The minimum absolute atomic E-state index is 0.0638. The number of hydrogen-bond donors (Lipinski definition) is 1. The molecule has 126 valence electrons. The van der Waals surface area contributed by atoms with Crippen molar-refractivity contribution < 1.29 is 18.3 Å². The van der Waals surface area contributed by atoms with Crippen molar-refractivity contribution in [2.75, 3.05) is 32.4 Å². The second-order valence-corrected chi connectivity index (χ2v) is 8.61. The average Bonchev–Trinajstić information content (AvgIpc) is 2.95. The van der Waals surface area contributed by atoms with Crippen LogP contribution in [-0.2, 0) is 21.4 Å². The zero-order chi connectivity index (χ0) is 16.8. The van der Waals surface area contributed by atoms with Gasteiger partial charge in [-0.25, -0.2) is 12.7 Å². The largest absolute Gasteiger partial charge is 0.481 e. The highest BCUT2D eigenvalue weighted by Gasteiger charge is 2.59. The van der Waals surface area contributed by atoms with Crippen LogP contribution >= 0.6 is 0 Å². The Bertz CT molecular complexity index is 736. The van der Waals surface area contributed by atoms with Gasteiger partial charge in [-0.3, -0.25) is 14.7 Å². The molecule has 1 N–H and O–H groups in total. The Kier molecular flexibility index (Phi) is 3.94. The van der Waals surface area contributed by atoms with Gasteiger partial charge in [0.2, 0.25) is 10.0 Å². The zero-order valence-electron chi connectivity index (χ0n) is 13.3. The van der Waals surface area contributed by atoms with E-state index in [1.807, 2.05) is 19.1 Å². The van der Waals surface area contributed by atoms with Gasteiger partial charge in [-0.2, -0.15) is 0 Å². The molecule has 2 saturated heterocycles. The van der Waals surface area contributed by atoms with Gasteiger partial charge in [0.1, 0.15) is 0 Å². The van der Waals surface area contributed by atoms with Crippen LogP contribution in [0.15, 0.2) is 18.3 Å². The molecule has 8 heteroatoms. The van der Waals surface area contributed by atoms with E-state index in [-0.39, 0.29) is 19.0 Å². The van der Waals surface area contributed by atoms with E-state index in [4.69, 9.17) is 0 Å². The highest BCUT2D eigenvalue weighted by Crippen LogP contribution is 2.44. The van der Waals surface area contributed by atoms with E-state index in [0.29, 0.717) is 19.6 Å². The number of sulfonamides is 1. The predicted octanol–water partition coefficient (Wildman–Crippen LogP) is 0.168. The van der Waals surface area contributed by atoms with Crippen molar-refractivity contribution in [1.82, 2.24) is 14.2 Å². The molecule has 0 aliphatic carbocycles. The lowest BCUT2D eigenvalue weighted by Gasteiger charge is -2.25. The van der Waals surface area contributed by atoms with Crippen LogP contribution in [0, 0.1) is 18.3 Å². The van der Waals surface area contributed by atoms with E-state index in [2.05, 4.69) is 9.88 Å². The van der Waals surface area contributed by atoms with Gasteiger partial charge in [-0.1, -0.05) is 6.07 Å². The highest BCUT2D eigenvalue weighted by molar-refractivity contribution is 7.88. The summed E-state index contributed by atoms with van der Waals surface area (Å²) in [5, 5.41) is 9.74. The van der Waals surface area contributed by atoms with Crippen LogP contribution < -0.4 is 0 Å². The summed E-state index contributed by atoms with van der Waals surface area (Å²) in [5.41, 5.74) is 1.01. The Balaban J connectivity index is 1.80. The molecule has 0 unspecified atom stereocenters. The van der Waals surface area contributed by atoms with E-state index in [1.54, 1.807) is 6.20 Å². The molecule has 2 aliphatic heterocycles. The van der Waals surface area contributed by atoms with Crippen LogP contribution in [0.5, 0.6) is 0 Å². The molecule has 0 radical (unpaired) electrons. The van der Waals surface area contributed by atoms with E-state index in [9.17, 15) is 18.3 Å². The summed E-state index contributed by atoms with van der Waals surface area (Å²) in [6.07, 6.45) is 2.88. The first-order valence-corrected chi connectivity index (χ1v) is 9.38. The lowest BCUT2D eigenvalue weighted by Crippen LogP contribution is -2.41. The third-order valence-corrected chi connectivity index (χ3v) is 6.27. The molecule has 2 atom stereocenters. The molecule has 0 bridgehead atoms. The fourth-order valence-electron chi connectivity index (χ4n) is 3.72. The van der Waals surface area contributed by atoms with Crippen molar-refractivity contribution in [1.29, 1.82) is 0 Å². The fraction of sp³-hybridized carbons (Fsp3) is 0.600. The van der Waals surface area contributed by atoms with Crippen molar-refractivity contribution in [2.45, 2.75) is 13.5 Å². The van der Waals surface area contributed by atoms with Gasteiger partial charge in [0.15, 0.2) is 0 Å². The standard InChI is InChI=1S/C15H21N3O4S/c1-11-12(4-3-5-16-11)6-17-7-13-8-18(23(2,21)22)10-15(13,9-17)14(19)20/h3-5,13H,6-10H2,1-2H3,(H,19,20)/t13-,15-/m1/s1. The minimum atomic E-state index is -3.36. The average molecular weight is 339 g/mol. The van der Waals surface area contributed by atoms with Gasteiger partial charge in [-0.15, -0.1) is 0 Å². The summed E-state index contributed by atoms with van der Waals surface area (Å²) < 4.78 is 24.8. The van der Waals surface area contributed by atoms with Crippen LogP contribution in [0.4, 0.5) is 0 Å². The molecule has 0 amide bonds. The number of carboxylic acids is 1. The Labute approximate surface area is 136 Å². The second kappa shape index (κ2) is 5.54. The second-order valence-electron chi connectivity index (χ2n) is 6.63. The topological polar surface area (TPSA) is 90.8 Å². The van der Waals surface area contributed by atoms with Crippen molar-refractivity contribution in [3.05, 3.63) is 29.6 Å². The summed E-state index contributed by atoms with van der Waals surface area (Å²) in [5.74, 6) is -1.08. The van der Waals surface area contributed by atoms with E-state index in [1.165, 1.54) is 4.31 Å². The number of aliphatic carboxylic acids is 1. The van der Waals surface area contributed by atoms with Crippen LogP contribution in [0.25, 0.3) is 0 Å². The molecular weight excluding hydrogens is 318 g/mol. The van der Waals surface area contributed by atoms with Gasteiger partial charge in [-0.05, 0) is 18.6 Å². The first-order valence-electron chi connectivity index (χ1n) is 7.54. The third kappa shape index (κ3) is 2.86. The van der Waals surface area contributed by atoms with Crippen LogP contribution in [0.3, 0.4) is 0 Å². The number of rotatable bonds is 4. The molecule has 23 heavy (non-hydrogen) atoms. The van der Waals surface area contributed by atoms with Crippen LogP contribution in [-0.4, -0.2) is 66.1 Å². The van der Waals surface area contributed by atoms with Crippen molar-refractivity contribution >= 4 is 16.0 Å². The molecule has 0 aromatic carbocycles. The lowest BCUT2D eigenvalue weighted by molar-refractivity contribution is -0.148. The quantitative estimate of drug-likeness (QED) is 0.841. The molecular formula is C15H21N3O4S. The number of nitrogens with zero attached hydrogens (tertiary/aromatic N) is 3. The Morgan fingerprint density at radius 3 is 2.74 bits per heavy atom. The summed E-state index contributed by atoms with van der Waals surface area (Å²) >= 11 is 0. The lowest BCUT2D eigenvalue weighted by atomic mass is 9.81. The maximum atomic E-state index is 11.9. The molecule has 2 fully saturated rings. The summed E-state index contributed by atoms with van der Waals surface area (Å²) in [6, 6.07) is 3.87. The monoisotopic (exact) mass is 339 g/mol. The van der Waals surface area contributed by atoms with E-state index >= 15 is 0 Å². The summed E-state index contributed by atoms with van der Waals surface area (Å²) in [4.78, 5) is 18.2. The summed E-state index contributed by atoms with van der Waals surface area (Å²) in [6.45, 7) is 3.89. The molecule has 0 saturated carbocycles. The van der Waals surface area contributed by atoms with Crippen molar-refractivity contribution in [3.63, 3.8) is 0 Å². The number of fused-ring (bicyclic) bond motifs is 1. The first kappa shape index (κ1) is 16.4. The van der Waals surface area contributed by atoms with Gasteiger partial charge in [0.25, 0.3) is 0 Å². The summed E-state index contributed by atoms with van der Waals surface area (Å²) in [7, 11) is -3.36. The van der Waals surface area contributed by atoms with Gasteiger partial charge < -0.3 is 5.11 Å². The number of aryl methyl sites for hydroxylation is 1. The molecule has 3 rings (SSSR count). The Morgan fingerprint density at radius 2 is 2.17 bits per heavy atom. The predicted molar refractivity (Wildman–Crippen MR) is 84.2 cm³/mol. The number of aromatic nitrogens is 1. The minimum Gasteiger partial charge on any atom is -0.481 e. The zero-order valence-corrected chi connectivity index (χ0v) is 14.1. The van der Waals surface area contributed by atoms with Crippen molar-refractivity contribution in [2.24, 2.45) is 11.3 Å². The van der Waals surface area contributed by atoms with Crippen LogP contribution in [0.1, 0.15) is 11.3 Å². The molecule has 0 spiro atoms. The van der Waals surface area contributed by atoms with E-state index in [0.717, 1.165) is 17.5 Å². The smallest absolute Gasteiger partial charge is 0.312 e. The number of pyridine rings is 1. The Morgan fingerprint density at radius 1 is 1.43 bits per heavy atom. The van der Waals surface area contributed by atoms with E-state index < -0.39 is 21.4 Å². The molecule has 1 aromatic heterocycles. The number of hydrogen-bond acceptors (Lipinski definition) is 5. The normalized spacial score (nSPS) is 28.9. The third-order valence-electron chi connectivity index (χ3n) is 5.05. The maximum absolute atomic E-state index is 11.9. The number of carbonyl (C=O) groups is 1. The molecule has 2 aliphatic rings. The maximum Gasteiger partial charge on any atom is 0.312 e. The van der Waals surface area contributed by atoms with Gasteiger partial charge in [0.05, 0.1) is 11.7 Å². The van der Waals surface area contributed by atoms with Crippen molar-refractivity contribution in [3.8, 4) is 0 Å². The van der Waals surface area contributed by atoms with Gasteiger partial charge >= 0.3 is 5.97 Å². The van der Waals surface area contributed by atoms with Gasteiger partial charge in [0, 0.05) is 50.5 Å². The molecule has 1 aromatic rings. The number of likely N-dealkylation sites (tertiary alicyclic amines) is 1. The SMILES string of the molecule is Cc1ncccc1CN1C[C@@H]2CN(S(C)(=O)=O)C[C@]2(C(=O)O)C1.